The smallest absolute Gasteiger partial charge is 0.0306 e. The normalized spacial score (nSPS) is 30.5. The molecule has 1 N–H and O–H groups in total. The van der Waals surface area contributed by atoms with Crippen molar-refractivity contribution >= 4 is 0 Å². The predicted octanol–water partition coefficient (Wildman–Crippen LogP) is 2.11. The van der Waals surface area contributed by atoms with E-state index in [4.69, 9.17) is 0 Å². The van der Waals surface area contributed by atoms with Crippen LogP contribution in [0.4, 0.5) is 0 Å². The van der Waals surface area contributed by atoms with Crippen LogP contribution in [-0.2, 0) is 5.41 Å². The van der Waals surface area contributed by atoms with E-state index in [0.717, 1.165) is 6.54 Å². The highest BCUT2D eigenvalue weighted by Crippen LogP contribution is 2.41. The SMILES string of the molecule is CC1(C)NCCC1(C)c1cccnc1. The van der Waals surface area contributed by atoms with Crippen molar-refractivity contribution in [3.63, 3.8) is 0 Å². The first kappa shape index (κ1) is 9.66. The minimum atomic E-state index is 0.163. The number of hydrogen-bond acceptors (Lipinski definition) is 2. The van der Waals surface area contributed by atoms with Crippen LogP contribution < -0.4 is 5.32 Å². The Morgan fingerprint density at radius 2 is 2.14 bits per heavy atom. The third-order valence-electron chi connectivity index (χ3n) is 3.87. The van der Waals surface area contributed by atoms with Gasteiger partial charge in [-0.25, -0.2) is 0 Å². The number of pyridine rings is 1. The van der Waals surface area contributed by atoms with Crippen LogP contribution in [0, 0.1) is 0 Å². The van der Waals surface area contributed by atoms with Gasteiger partial charge in [0.05, 0.1) is 0 Å². The molecule has 0 saturated carbocycles. The number of nitrogens with zero attached hydrogens (tertiary/aromatic N) is 1. The van der Waals surface area contributed by atoms with E-state index in [1.54, 1.807) is 0 Å². The molecule has 0 bridgehead atoms. The van der Waals surface area contributed by atoms with Crippen molar-refractivity contribution in [1.29, 1.82) is 0 Å². The summed E-state index contributed by atoms with van der Waals surface area (Å²) in [4.78, 5) is 4.21. The molecule has 76 valence electrons. The molecule has 2 nitrogen and oxygen atoms in total. The van der Waals surface area contributed by atoms with Gasteiger partial charge in [-0.05, 0) is 38.4 Å². The highest BCUT2D eigenvalue weighted by molar-refractivity contribution is 5.28. The Balaban J connectivity index is 2.42. The maximum atomic E-state index is 4.21. The molecule has 1 aromatic heterocycles. The van der Waals surface area contributed by atoms with Gasteiger partial charge in [-0.3, -0.25) is 4.98 Å². The molecule has 1 unspecified atom stereocenters. The highest BCUT2D eigenvalue weighted by atomic mass is 15.0. The zero-order chi connectivity index (χ0) is 10.2. The van der Waals surface area contributed by atoms with Crippen LogP contribution in [0.3, 0.4) is 0 Å². The maximum Gasteiger partial charge on any atom is 0.0306 e. The van der Waals surface area contributed by atoms with Crippen LogP contribution in [0.5, 0.6) is 0 Å². The lowest BCUT2D eigenvalue weighted by Crippen LogP contribution is -2.47. The minimum Gasteiger partial charge on any atom is -0.311 e. The standard InChI is InChI=1S/C12H18N2/c1-11(2)12(3,6-8-14-11)10-5-4-7-13-9-10/h4-5,7,9,14H,6,8H2,1-3H3. The van der Waals surface area contributed by atoms with Gasteiger partial charge in [0.2, 0.25) is 0 Å². The number of aromatic nitrogens is 1. The van der Waals surface area contributed by atoms with Crippen molar-refractivity contribution < 1.29 is 0 Å². The summed E-state index contributed by atoms with van der Waals surface area (Å²) >= 11 is 0. The monoisotopic (exact) mass is 190 g/mol. The Morgan fingerprint density at radius 3 is 2.64 bits per heavy atom. The summed E-state index contributed by atoms with van der Waals surface area (Å²) in [7, 11) is 0. The van der Waals surface area contributed by atoms with E-state index in [2.05, 4.69) is 37.1 Å². The summed E-state index contributed by atoms with van der Waals surface area (Å²) in [6, 6.07) is 4.21. The van der Waals surface area contributed by atoms with Crippen LogP contribution >= 0.6 is 0 Å². The minimum absolute atomic E-state index is 0.163. The van der Waals surface area contributed by atoms with Gasteiger partial charge in [0.1, 0.15) is 0 Å². The first-order valence-corrected chi connectivity index (χ1v) is 5.22. The molecule has 1 saturated heterocycles. The lowest BCUT2D eigenvalue weighted by atomic mass is 9.69. The predicted molar refractivity (Wildman–Crippen MR) is 58.3 cm³/mol. The second-order valence-electron chi connectivity index (χ2n) is 4.88. The number of hydrogen-bond donors (Lipinski definition) is 1. The van der Waals surface area contributed by atoms with Crippen LogP contribution in [0.2, 0.25) is 0 Å². The van der Waals surface area contributed by atoms with Crippen LogP contribution in [0.1, 0.15) is 32.8 Å². The Morgan fingerprint density at radius 1 is 1.36 bits per heavy atom. The van der Waals surface area contributed by atoms with Crippen LogP contribution in [-0.4, -0.2) is 17.1 Å². The molecule has 0 aromatic carbocycles. The lowest BCUT2D eigenvalue weighted by Gasteiger charge is -2.38. The van der Waals surface area contributed by atoms with Gasteiger partial charge in [-0.1, -0.05) is 13.0 Å². The van der Waals surface area contributed by atoms with E-state index in [0.29, 0.717) is 0 Å². The number of nitrogens with one attached hydrogen (secondary N) is 1. The zero-order valence-corrected chi connectivity index (χ0v) is 9.17. The zero-order valence-electron chi connectivity index (χ0n) is 9.17. The van der Waals surface area contributed by atoms with Gasteiger partial charge in [0.25, 0.3) is 0 Å². The van der Waals surface area contributed by atoms with Crippen molar-refractivity contribution in [2.45, 2.75) is 38.1 Å². The molecule has 1 aliphatic rings. The molecule has 2 heterocycles. The Labute approximate surface area is 85.7 Å². The van der Waals surface area contributed by atoms with E-state index in [9.17, 15) is 0 Å². The maximum absolute atomic E-state index is 4.21. The van der Waals surface area contributed by atoms with Crippen LogP contribution in [0.25, 0.3) is 0 Å². The second kappa shape index (κ2) is 3.06. The van der Waals surface area contributed by atoms with Crippen molar-refractivity contribution in [3.05, 3.63) is 30.1 Å². The quantitative estimate of drug-likeness (QED) is 0.733. The third-order valence-corrected chi connectivity index (χ3v) is 3.87. The molecule has 0 aliphatic carbocycles. The average molecular weight is 190 g/mol. The summed E-state index contributed by atoms with van der Waals surface area (Å²) < 4.78 is 0. The van der Waals surface area contributed by atoms with E-state index < -0.39 is 0 Å². The first-order valence-electron chi connectivity index (χ1n) is 5.22. The molecule has 2 rings (SSSR count). The fourth-order valence-electron chi connectivity index (χ4n) is 2.33. The molecule has 0 radical (unpaired) electrons. The van der Waals surface area contributed by atoms with Gasteiger partial charge in [-0.2, -0.15) is 0 Å². The summed E-state index contributed by atoms with van der Waals surface area (Å²) in [5, 5.41) is 3.56. The van der Waals surface area contributed by atoms with E-state index in [1.165, 1.54) is 12.0 Å². The van der Waals surface area contributed by atoms with Crippen molar-refractivity contribution in [1.82, 2.24) is 10.3 Å². The van der Waals surface area contributed by atoms with Crippen molar-refractivity contribution in [2.24, 2.45) is 0 Å². The molecule has 1 aromatic rings. The largest absolute Gasteiger partial charge is 0.311 e. The molecule has 0 amide bonds. The van der Waals surface area contributed by atoms with Gasteiger partial charge < -0.3 is 5.32 Å². The summed E-state index contributed by atoms with van der Waals surface area (Å²) in [5.41, 5.74) is 1.71. The van der Waals surface area contributed by atoms with E-state index in [1.807, 2.05) is 18.5 Å². The molecule has 2 heteroatoms. The van der Waals surface area contributed by atoms with Gasteiger partial charge >= 0.3 is 0 Å². The third kappa shape index (κ3) is 1.25. The average Bonchev–Trinajstić information content (AvgIpc) is 2.44. The second-order valence-corrected chi connectivity index (χ2v) is 4.88. The molecule has 0 spiro atoms. The molecule has 14 heavy (non-hydrogen) atoms. The van der Waals surface area contributed by atoms with Gasteiger partial charge in [0, 0.05) is 23.3 Å². The summed E-state index contributed by atoms with van der Waals surface area (Å²) in [5.74, 6) is 0. The molecule has 1 atom stereocenters. The topological polar surface area (TPSA) is 24.9 Å². The fourth-order valence-corrected chi connectivity index (χ4v) is 2.33. The first-order chi connectivity index (χ1) is 6.56. The molecular formula is C12H18N2. The van der Waals surface area contributed by atoms with Crippen molar-refractivity contribution in [3.8, 4) is 0 Å². The lowest BCUT2D eigenvalue weighted by molar-refractivity contribution is 0.296. The summed E-state index contributed by atoms with van der Waals surface area (Å²) in [6.07, 6.45) is 5.02. The Kier molecular flexibility index (Phi) is 2.11. The van der Waals surface area contributed by atoms with Crippen LogP contribution in [0.15, 0.2) is 24.5 Å². The van der Waals surface area contributed by atoms with Gasteiger partial charge in [-0.15, -0.1) is 0 Å². The van der Waals surface area contributed by atoms with E-state index in [-0.39, 0.29) is 11.0 Å². The number of rotatable bonds is 1. The molecular weight excluding hydrogens is 172 g/mol. The Hall–Kier alpha value is -0.890. The van der Waals surface area contributed by atoms with E-state index >= 15 is 0 Å². The molecule has 1 aliphatic heterocycles. The van der Waals surface area contributed by atoms with Gasteiger partial charge in [0.15, 0.2) is 0 Å². The Bertz CT molecular complexity index is 318. The molecule has 1 fully saturated rings. The fraction of sp³-hybridized carbons (Fsp3) is 0.583. The van der Waals surface area contributed by atoms with Crippen molar-refractivity contribution in [2.75, 3.05) is 6.54 Å². The summed E-state index contributed by atoms with van der Waals surface area (Å²) in [6.45, 7) is 7.96. The highest BCUT2D eigenvalue weighted by Gasteiger charge is 2.46.